The second kappa shape index (κ2) is 7.80. The van der Waals surface area contributed by atoms with Gasteiger partial charge in [-0.25, -0.2) is 9.59 Å². The highest BCUT2D eigenvalue weighted by atomic mass is 16.5. The molecule has 1 aromatic carbocycles. The highest BCUT2D eigenvalue weighted by Crippen LogP contribution is 2.25. The summed E-state index contributed by atoms with van der Waals surface area (Å²) in [5.74, 6) is 1.76. The molecule has 0 saturated carbocycles. The van der Waals surface area contributed by atoms with Crippen LogP contribution in [0.25, 0.3) is 0 Å². The maximum atomic E-state index is 11.9. The van der Waals surface area contributed by atoms with E-state index in [1.165, 1.54) is 25.3 Å². The molecule has 0 spiro atoms. The molecule has 0 aliphatic carbocycles. The van der Waals surface area contributed by atoms with E-state index < -0.39 is 12.0 Å². The first kappa shape index (κ1) is 16.4. The van der Waals surface area contributed by atoms with Crippen molar-refractivity contribution in [3.05, 3.63) is 23.8 Å². The average Bonchev–Trinajstić information content (AvgIpc) is 2.46. The molecule has 1 unspecified atom stereocenters. The first-order valence-electron chi connectivity index (χ1n) is 6.46. The summed E-state index contributed by atoms with van der Waals surface area (Å²) >= 11 is 0. The minimum absolute atomic E-state index is 0.0492. The largest absolute Gasteiger partial charge is 0.495 e. The number of benzene rings is 1. The van der Waals surface area contributed by atoms with E-state index in [2.05, 4.69) is 16.6 Å². The predicted octanol–water partition coefficient (Wildman–Crippen LogP) is 2.32. The number of anilines is 1. The Hall–Kier alpha value is -2.68. The molecule has 6 heteroatoms. The fraction of sp³-hybridized carbons (Fsp3) is 0.333. The van der Waals surface area contributed by atoms with Gasteiger partial charge in [0.2, 0.25) is 0 Å². The maximum absolute atomic E-state index is 11.9. The number of rotatable bonds is 6. The summed E-state index contributed by atoms with van der Waals surface area (Å²) in [4.78, 5) is 22.8. The Morgan fingerprint density at radius 2 is 2.19 bits per heavy atom. The monoisotopic (exact) mass is 290 g/mol. The van der Waals surface area contributed by atoms with Crippen LogP contribution >= 0.6 is 0 Å². The van der Waals surface area contributed by atoms with Gasteiger partial charge in [0.05, 0.1) is 24.4 Å². The van der Waals surface area contributed by atoms with Crippen LogP contribution in [0.1, 0.15) is 30.1 Å². The summed E-state index contributed by atoms with van der Waals surface area (Å²) in [6, 6.07) is 3.32. The van der Waals surface area contributed by atoms with Gasteiger partial charge in [-0.2, -0.15) is 0 Å². The number of ether oxygens (including phenoxy) is 1. The lowest BCUT2D eigenvalue weighted by atomic mass is 10.2. The van der Waals surface area contributed by atoms with E-state index in [-0.39, 0.29) is 17.3 Å². The highest BCUT2D eigenvalue weighted by molar-refractivity contribution is 5.95. The molecule has 6 nitrogen and oxygen atoms in total. The number of carboxylic acids is 1. The van der Waals surface area contributed by atoms with Crippen molar-refractivity contribution in [1.29, 1.82) is 0 Å². The van der Waals surface area contributed by atoms with E-state index in [1.807, 2.05) is 6.92 Å². The molecule has 1 atom stereocenters. The number of carbonyl (C=O) groups excluding carboxylic acids is 1. The van der Waals surface area contributed by atoms with Gasteiger partial charge in [0.25, 0.3) is 0 Å². The number of carbonyl (C=O) groups is 2. The van der Waals surface area contributed by atoms with Crippen LogP contribution in [-0.2, 0) is 0 Å². The SMILES string of the molecule is C#CC(CCC)NC(=O)Nc1cc(C(=O)O)ccc1OC. The van der Waals surface area contributed by atoms with Gasteiger partial charge in [-0.15, -0.1) is 6.42 Å². The summed E-state index contributed by atoms with van der Waals surface area (Å²) in [6.07, 6.45) is 6.83. The van der Waals surface area contributed by atoms with Gasteiger partial charge < -0.3 is 20.5 Å². The highest BCUT2D eigenvalue weighted by Gasteiger charge is 2.13. The summed E-state index contributed by atoms with van der Waals surface area (Å²) in [5, 5.41) is 14.1. The molecule has 0 aliphatic rings. The van der Waals surface area contributed by atoms with E-state index in [1.54, 1.807) is 0 Å². The fourth-order valence-electron chi connectivity index (χ4n) is 1.74. The van der Waals surface area contributed by atoms with Gasteiger partial charge in [0.15, 0.2) is 0 Å². The number of carboxylic acid groups (broad SMARTS) is 1. The topological polar surface area (TPSA) is 87.7 Å². The van der Waals surface area contributed by atoms with Crippen LogP contribution < -0.4 is 15.4 Å². The zero-order valence-corrected chi connectivity index (χ0v) is 12.0. The van der Waals surface area contributed by atoms with Gasteiger partial charge in [-0.05, 0) is 24.6 Å². The molecule has 0 fully saturated rings. The molecule has 2 amide bonds. The molecule has 112 valence electrons. The lowest BCUT2D eigenvalue weighted by Crippen LogP contribution is -2.37. The van der Waals surface area contributed by atoms with Crippen LogP contribution in [-0.4, -0.2) is 30.3 Å². The van der Waals surface area contributed by atoms with Crippen LogP contribution in [0.2, 0.25) is 0 Å². The Morgan fingerprint density at radius 1 is 1.48 bits per heavy atom. The third-order valence-electron chi connectivity index (χ3n) is 2.78. The van der Waals surface area contributed by atoms with E-state index in [0.29, 0.717) is 12.2 Å². The Balaban J connectivity index is 2.85. The zero-order valence-electron chi connectivity index (χ0n) is 12.0. The molecule has 0 aliphatic heterocycles. The molecule has 1 aromatic rings. The van der Waals surface area contributed by atoms with Crippen LogP contribution in [0.15, 0.2) is 18.2 Å². The lowest BCUT2D eigenvalue weighted by Gasteiger charge is -2.15. The average molecular weight is 290 g/mol. The first-order valence-corrected chi connectivity index (χ1v) is 6.46. The van der Waals surface area contributed by atoms with E-state index in [9.17, 15) is 9.59 Å². The molecular formula is C15H18N2O4. The van der Waals surface area contributed by atoms with E-state index in [4.69, 9.17) is 16.3 Å². The molecule has 0 heterocycles. The van der Waals surface area contributed by atoms with Crippen molar-refractivity contribution in [2.75, 3.05) is 12.4 Å². The van der Waals surface area contributed by atoms with Crippen LogP contribution in [0, 0.1) is 12.3 Å². The Bertz CT molecular complexity index is 563. The Kier molecular flexibility index (Phi) is 6.08. The molecular weight excluding hydrogens is 272 g/mol. The molecule has 1 rings (SSSR count). The molecule has 0 aromatic heterocycles. The van der Waals surface area contributed by atoms with Gasteiger partial charge in [0, 0.05) is 0 Å². The van der Waals surface area contributed by atoms with Crippen molar-refractivity contribution >= 4 is 17.7 Å². The van der Waals surface area contributed by atoms with Crippen molar-refractivity contribution in [1.82, 2.24) is 5.32 Å². The number of urea groups is 1. The standard InChI is InChI=1S/C15H18N2O4/c1-4-6-11(5-2)16-15(20)17-12-9-10(14(18)19)7-8-13(12)21-3/h2,7-9,11H,4,6H2,1,3H3,(H,18,19)(H2,16,17,20). The zero-order chi connectivity index (χ0) is 15.8. The first-order chi connectivity index (χ1) is 10.0. The minimum Gasteiger partial charge on any atom is -0.495 e. The van der Waals surface area contributed by atoms with Crippen molar-refractivity contribution in [2.24, 2.45) is 0 Å². The molecule has 0 saturated heterocycles. The second-order valence-corrected chi connectivity index (χ2v) is 4.33. The van der Waals surface area contributed by atoms with Gasteiger partial charge >= 0.3 is 12.0 Å². The van der Waals surface area contributed by atoms with Gasteiger partial charge in [-0.1, -0.05) is 19.3 Å². The normalized spacial score (nSPS) is 11.1. The van der Waals surface area contributed by atoms with E-state index in [0.717, 1.165) is 6.42 Å². The fourth-order valence-corrected chi connectivity index (χ4v) is 1.74. The number of aromatic carboxylic acids is 1. The predicted molar refractivity (Wildman–Crippen MR) is 79.6 cm³/mol. The minimum atomic E-state index is -1.09. The van der Waals surface area contributed by atoms with E-state index >= 15 is 0 Å². The Morgan fingerprint density at radius 3 is 2.71 bits per heavy atom. The molecule has 0 radical (unpaired) electrons. The van der Waals surface area contributed by atoms with Crippen molar-refractivity contribution in [2.45, 2.75) is 25.8 Å². The van der Waals surface area contributed by atoms with Gasteiger partial charge in [-0.3, -0.25) is 0 Å². The summed E-state index contributed by atoms with van der Waals surface area (Å²) in [5.41, 5.74) is 0.315. The smallest absolute Gasteiger partial charge is 0.335 e. The number of hydrogen-bond donors (Lipinski definition) is 3. The maximum Gasteiger partial charge on any atom is 0.335 e. The van der Waals surface area contributed by atoms with Crippen molar-refractivity contribution in [3.8, 4) is 18.1 Å². The number of hydrogen-bond acceptors (Lipinski definition) is 3. The second-order valence-electron chi connectivity index (χ2n) is 4.33. The summed E-state index contributed by atoms with van der Waals surface area (Å²) in [6.45, 7) is 1.96. The Labute approximate surface area is 123 Å². The number of amides is 2. The lowest BCUT2D eigenvalue weighted by molar-refractivity contribution is 0.0697. The number of methoxy groups -OCH3 is 1. The van der Waals surface area contributed by atoms with Crippen LogP contribution in [0.3, 0.4) is 0 Å². The molecule has 3 N–H and O–H groups in total. The quantitative estimate of drug-likeness (QED) is 0.702. The third-order valence-corrected chi connectivity index (χ3v) is 2.78. The number of terminal acetylenes is 1. The van der Waals surface area contributed by atoms with Crippen LogP contribution in [0.5, 0.6) is 5.75 Å². The van der Waals surface area contributed by atoms with Crippen molar-refractivity contribution in [3.63, 3.8) is 0 Å². The molecule has 0 bridgehead atoms. The van der Waals surface area contributed by atoms with Gasteiger partial charge in [0.1, 0.15) is 5.75 Å². The summed E-state index contributed by atoms with van der Waals surface area (Å²) < 4.78 is 5.08. The van der Waals surface area contributed by atoms with Crippen LogP contribution in [0.4, 0.5) is 10.5 Å². The number of nitrogens with one attached hydrogen (secondary N) is 2. The third kappa shape index (κ3) is 4.73. The summed E-state index contributed by atoms with van der Waals surface area (Å²) in [7, 11) is 1.43. The van der Waals surface area contributed by atoms with Crippen molar-refractivity contribution < 1.29 is 19.4 Å². The molecule has 21 heavy (non-hydrogen) atoms.